The highest BCUT2D eigenvalue weighted by atomic mass is 35.5. The number of hydrogen-bond donors (Lipinski definition) is 1. The Hall–Kier alpha value is -0.150. The number of ether oxygens (including phenoxy) is 1. The molecule has 0 saturated heterocycles. The lowest BCUT2D eigenvalue weighted by Gasteiger charge is -2.12. The second-order valence-corrected chi connectivity index (χ2v) is 6.06. The van der Waals surface area contributed by atoms with Crippen molar-refractivity contribution in [1.29, 1.82) is 0 Å². The van der Waals surface area contributed by atoms with Crippen molar-refractivity contribution in [2.24, 2.45) is 0 Å². The number of rotatable bonds is 6. The van der Waals surface area contributed by atoms with E-state index in [2.05, 4.69) is 5.32 Å². The van der Waals surface area contributed by atoms with Gasteiger partial charge in [-0.15, -0.1) is 0 Å². The molecule has 0 unspecified atom stereocenters. The van der Waals surface area contributed by atoms with Crippen LogP contribution in [-0.4, -0.2) is 19.2 Å². The second kappa shape index (κ2) is 7.58. The van der Waals surface area contributed by atoms with Gasteiger partial charge in [-0.25, -0.2) is 0 Å². The second-order valence-electron chi connectivity index (χ2n) is 4.83. The number of benzene rings is 1. The van der Waals surface area contributed by atoms with E-state index in [4.69, 9.17) is 39.5 Å². The van der Waals surface area contributed by atoms with E-state index in [0.29, 0.717) is 33.5 Å². The van der Waals surface area contributed by atoms with Gasteiger partial charge in [0.2, 0.25) is 0 Å². The largest absolute Gasteiger partial charge is 0.492 e. The van der Waals surface area contributed by atoms with Crippen LogP contribution >= 0.6 is 34.8 Å². The summed E-state index contributed by atoms with van der Waals surface area (Å²) < 4.78 is 5.62. The van der Waals surface area contributed by atoms with Crippen molar-refractivity contribution in [3.63, 3.8) is 0 Å². The van der Waals surface area contributed by atoms with Gasteiger partial charge >= 0.3 is 0 Å². The van der Waals surface area contributed by atoms with Crippen LogP contribution in [0, 0.1) is 0 Å². The minimum Gasteiger partial charge on any atom is -0.492 e. The highest BCUT2D eigenvalue weighted by Crippen LogP contribution is 2.33. The fourth-order valence-corrected chi connectivity index (χ4v) is 2.90. The molecule has 0 radical (unpaired) electrons. The van der Waals surface area contributed by atoms with Gasteiger partial charge in [-0.3, -0.25) is 0 Å². The maximum absolute atomic E-state index is 6.03. The molecule has 0 aliphatic heterocycles. The minimum atomic E-state index is 0.446. The molecule has 19 heavy (non-hydrogen) atoms. The first-order valence-electron chi connectivity index (χ1n) is 6.67. The first-order chi connectivity index (χ1) is 9.16. The minimum absolute atomic E-state index is 0.446. The van der Waals surface area contributed by atoms with E-state index in [-0.39, 0.29) is 0 Å². The van der Waals surface area contributed by atoms with Gasteiger partial charge in [-0.05, 0) is 31.9 Å². The van der Waals surface area contributed by atoms with Gasteiger partial charge in [-0.1, -0.05) is 47.6 Å². The topological polar surface area (TPSA) is 21.3 Å². The van der Waals surface area contributed by atoms with E-state index in [9.17, 15) is 0 Å². The third kappa shape index (κ3) is 4.71. The highest BCUT2D eigenvalue weighted by molar-refractivity contribution is 6.43. The van der Waals surface area contributed by atoms with Crippen molar-refractivity contribution in [3.05, 3.63) is 27.2 Å². The lowest BCUT2D eigenvalue weighted by Crippen LogP contribution is -2.27. The summed E-state index contributed by atoms with van der Waals surface area (Å²) >= 11 is 17.8. The zero-order valence-electron chi connectivity index (χ0n) is 10.7. The summed E-state index contributed by atoms with van der Waals surface area (Å²) in [7, 11) is 0. The predicted octanol–water partition coefficient (Wildman–Crippen LogP) is 4.95. The van der Waals surface area contributed by atoms with Crippen LogP contribution in [0.5, 0.6) is 5.75 Å². The van der Waals surface area contributed by atoms with E-state index in [1.807, 2.05) is 0 Å². The molecule has 106 valence electrons. The summed E-state index contributed by atoms with van der Waals surface area (Å²) in [5.41, 5.74) is 0. The van der Waals surface area contributed by atoms with Crippen molar-refractivity contribution in [2.45, 2.75) is 38.1 Å². The molecule has 1 aliphatic rings. The molecule has 1 aromatic rings. The Morgan fingerprint density at radius 1 is 1.05 bits per heavy atom. The lowest BCUT2D eigenvalue weighted by molar-refractivity contribution is 0.305. The zero-order chi connectivity index (χ0) is 13.7. The first-order valence-corrected chi connectivity index (χ1v) is 7.81. The molecule has 0 atom stereocenters. The average Bonchev–Trinajstić information content (AvgIpc) is 2.88. The summed E-state index contributed by atoms with van der Waals surface area (Å²) in [6.45, 7) is 1.60. The van der Waals surface area contributed by atoms with Crippen LogP contribution in [0.15, 0.2) is 12.1 Å². The van der Waals surface area contributed by atoms with Crippen molar-refractivity contribution < 1.29 is 4.74 Å². The van der Waals surface area contributed by atoms with Crippen LogP contribution < -0.4 is 10.1 Å². The normalized spacial score (nSPS) is 15.9. The maximum atomic E-state index is 6.03. The standard InChI is InChI=1S/C14H18Cl3NO/c15-11-8-13(17)14(9-12(11)16)19-7-3-6-18-10-4-1-2-5-10/h8-10,18H,1-7H2. The Morgan fingerprint density at radius 3 is 2.47 bits per heavy atom. The summed E-state index contributed by atoms with van der Waals surface area (Å²) in [5, 5.41) is 4.95. The van der Waals surface area contributed by atoms with Gasteiger partial charge in [-0.2, -0.15) is 0 Å². The fourth-order valence-electron chi connectivity index (χ4n) is 2.31. The number of hydrogen-bond acceptors (Lipinski definition) is 2. The predicted molar refractivity (Wildman–Crippen MR) is 81.8 cm³/mol. The van der Waals surface area contributed by atoms with Crippen LogP contribution in [-0.2, 0) is 0 Å². The van der Waals surface area contributed by atoms with Crippen molar-refractivity contribution in [3.8, 4) is 5.75 Å². The average molecular weight is 323 g/mol. The van der Waals surface area contributed by atoms with Gasteiger partial charge < -0.3 is 10.1 Å². The van der Waals surface area contributed by atoms with E-state index in [1.54, 1.807) is 12.1 Å². The third-order valence-corrected chi connectivity index (χ3v) is 4.36. The molecule has 0 heterocycles. The lowest BCUT2D eigenvalue weighted by atomic mass is 10.2. The zero-order valence-corrected chi connectivity index (χ0v) is 13.0. The summed E-state index contributed by atoms with van der Waals surface area (Å²) in [6, 6.07) is 3.97. The number of nitrogens with one attached hydrogen (secondary N) is 1. The molecule has 1 aliphatic carbocycles. The molecular formula is C14H18Cl3NO. The van der Waals surface area contributed by atoms with E-state index in [0.717, 1.165) is 13.0 Å². The Bertz CT molecular complexity index is 419. The summed E-state index contributed by atoms with van der Waals surface area (Å²) in [5.74, 6) is 0.594. The molecule has 1 aromatic carbocycles. The van der Waals surface area contributed by atoms with Gasteiger partial charge in [0.1, 0.15) is 5.75 Å². The Labute approximate surface area is 129 Å². The van der Waals surface area contributed by atoms with E-state index < -0.39 is 0 Å². The molecule has 0 aromatic heterocycles. The molecule has 1 saturated carbocycles. The molecule has 1 N–H and O–H groups in total. The molecule has 2 rings (SSSR count). The van der Waals surface area contributed by atoms with Crippen LogP contribution in [0.4, 0.5) is 0 Å². The summed E-state index contributed by atoms with van der Waals surface area (Å²) in [4.78, 5) is 0. The SMILES string of the molecule is Clc1cc(Cl)c(OCCCNC2CCCC2)cc1Cl. The Balaban J connectivity index is 1.69. The Kier molecular flexibility index (Phi) is 6.08. The summed E-state index contributed by atoms with van der Waals surface area (Å²) in [6.07, 6.45) is 6.27. The molecule has 0 amide bonds. The van der Waals surface area contributed by atoms with Gasteiger partial charge in [0.15, 0.2) is 0 Å². The van der Waals surface area contributed by atoms with E-state index >= 15 is 0 Å². The van der Waals surface area contributed by atoms with Gasteiger partial charge in [0, 0.05) is 12.1 Å². The van der Waals surface area contributed by atoms with Crippen LogP contribution in [0.3, 0.4) is 0 Å². The molecule has 1 fully saturated rings. The smallest absolute Gasteiger partial charge is 0.139 e. The molecule has 5 heteroatoms. The van der Waals surface area contributed by atoms with Crippen molar-refractivity contribution >= 4 is 34.8 Å². The quantitative estimate of drug-likeness (QED) is 0.591. The van der Waals surface area contributed by atoms with Crippen LogP contribution in [0.1, 0.15) is 32.1 Å². The van der Waals surface area contributed by atoms with Crippen molar-refractivity contribution in [1.82, 2.24) is 5.32 Å². The van der Waals surface area contributed by atoms with Gasteiger partial charge in [0.25, 0.3) is 0 Å². The Morgan fingerprint density at radius 2 is 1.74 bits per heavy atom. The third-order valence-electron chi connectivity index (χ3n) is 3.34. The number of halogens is 3. The molecular weight excluding hydrogens is 305 g/mol. The molecule has 2 nitrogen and oxygen atoms in total. The van der Waals surface area contributed by atoms with Gasteiger partial charge in [0.05, 0.1) is 21.7 Å². The monoisotopic (exact) mass is 321 g/mol. The van der Waals surface area contributed by atoms with Crippen LogP contribution in [0.25, 0.3) is 0 Å². The highest BCUT2D eigenvalue weighted by Gasteiger charge is 2.13. The fraction of sp³-hybridized carbons (Fsp3) is 0.571. The van der Waals surface area contributed by atoms with Crippen molar-refractivity contribution in [2.75, 3.05) is 13.2 Å². The molecule has 0 bridgehead atoms. The molecule has 0 spiro atoms. The maximum Gasteiger partial charge on any atom is 0.139 e. The van der Waals surface area contributed by atoms with Crippen LogP contribution in [0.2, 0.25) is 15.1 Å². The first kappa shape index (κ1) is 15.2. The van der Waals surface area contributed by atoms with E-state index in [1.165, 1.54) is 25.7 Å².